The van der Waals surface area contributed by atoms with Gasteiger partial charge < -0.3 is 0 Å². The van der Waals surface area contributed by atoms with Gasteiger partial charge >= 0.3 is 0 Å². The van der Waals surface area contributed by atoms with Gasteiger partial charge in [-0.2, -0.15) is 0 Å². The van der Waals surface area contributed by atoms with Gasteiger partial charge in [0.25, 0.3) is 5.56 Å². The number of hydrogen-bond donors (Lipinski definition) is 0. The maximum Gasteiger partial charge on any atom is 0.266 e. The van der Waals surface area contributed by atoms with Crippen LogP contribution in [0.5, 0.6) is 0 Å². The van der Waals surface area contributed by atoms with Gasteiger partial charge in [0.1, 0.15) is 0 Å². The molecule has 7 heteroatoms. The van der Waals surface area contributed by atoms with Crippen molar-refractivity contribution < 1.29 is 0 Å². The molecule has 2 aromatic heterocycles. The molecule has 0 fully saturated rings. The van der Waals surface area contributed by atoms with E-state index in [1.165, 1.54) is 16.3 Å². The number of thioether (sulfide) groups is 1. The van der Waals surface area contributed by atoms with Crippen LogP contribution >= 0.6 is 39.3 Å². The molecule has 0 bridgehead atoms. The first kappa shape index (κ1) is 15.5. The minimum atomic E-state index is -0.193. The van der Waals surface area contributed by atoms with Gasteiger partial charge in [-0.05, 0) is 40.7 Å². The third-order valence-electron chi connectivity index (χ3n) is 3.30. The number of rotatable bonds is 2. The molecule has 0 atom stereocenters. The van der Waals surface area contributed by atoms with Crippen molar-refractivity contribution >= 4 is 50.2 Å². The average molecular weight is 397 g/mol. The Bertz CT molecular complexity index is 922. The van der Waals surface area contributed by atoms with Crippen molar-refractivity contribution in [3.8, 4) is 5.69 Å². The lowest BCUT2D eigenvalue weighted by molar-refractivity contribution is 0.957. The second-order valence-electron chi connectivity index (χ2n) is 4.68. The standard InChI is InChI=1S/C15H11BrClN3OS/c1-8-4-3-5-11(17)13(8)20-7-10(16)12-9(14(20)21)6-18-15(19-12)22-2/h3-7H,1-2H3. The molecular weight excluding hydrogens is 386 g/mol. The molecule has 0 amide bonds. The summed E-state index contributed by atoms with van der Waals surface area (Å²) in [6.07, 6.45) is 5.16. The number of hydrogen-bond acceptors (Lipinski definition) is 4. The highest BCUT2D eigenvalue weighted by molar-refractivity contribution is 9.10. The summed E-state index contributed by atoms with van der Waals surface area (Å²) in [5.41, 5.74) is 2.00. The van der Waals surface area contributed by atoms with Crippen LogP contribution in [0.2, 0.25) is 5.02 Å². The SMILES string of the molecule is CSc1ncc2c(=O)n(-c3c(C)cccc3Cl)cc(Br)c2n1. The fourth-order valence-corrected chi connectivity index (χ4v) is 3.42. The average Bonchev–Trinajstić information content (AvgIpc) is 2.51. The number of fused-ring (bicyclic) bond motifs is 1. The molecule has 0 spiro atoms. The number of nitrogens with zero attached hydrogens (tertiary/aromatic N) is 3. The monoisotopic (exact) mass is 395 g/mol. The lowest BCUT2D eigenvalue weighted by atomic mass is 10.2. The molecule has 0 aliphatic rings. The van der Waals surface area contributed by atoms with Crippen molar-refractivity contribution in [1.82, 2.24) is 14.5 Å². The fourth-order valence-electron chi connectivity index (χ4n) is 2.26. The molecule has 0 aliphatic carbocycles. The molecule has 0 radical (unpaired) electrons. The van der Waals surface area contributed by atoms with E-state index in [-0.39, 0.29) is 5.56 Å². The van der Waals surface area contributed by atoms with Crippen LogP contribution in [0.4, 0.5) is 0 Å². The van der Waals surface area contributed by atoms with Crippen molar-refractivity contribution in [1.29, 1.82) is 0 Å². The van der Waals surface area contributed by atoms with Gasteiger partial charge in [0.05, 0.1) is 26.1 Å². The van der Waals surface area contributed by atoms with Gasteiger partial charge in [-0.1, -0.05) is 35.5 Å². The summed E-state index contributed by atoms with van der Waals surface area (Å²) in [5, 5.41) is 1.60. The summed E-state index contributed by atoms with van der Waals surface area (Å²) in [6.45, 7) is 1.92. The van der Waals surface area contributed by atoms with Gasteiger partial charge in [-0.25, -0.2) is 9.97 Å². The van der Waals surface area contributed by atoms with E-state index in [0.717, 1.165) is 10.0 Å². The minimum Gasteiger partial charge on any atom is -0.281 e. The second kappa shape index (κ2) is 6.02. The lowest BCUT2D eigenvalue weighted by Crippen LogP contribution is -2.20. The van der Waals surface area contributed by atoms with Gasteiger partial charge in [-0.15, -0.1) is 0 Å². The molecule has 3 rings (SSSR count). The topological polar surface area (TPSA) is 47.8 Å². The third-order valence-corrected chi connectivity index (χ3v) is 4.74. The quantitative estimate of drug-likeness (QED) is 0.480. The van der Waals surface area contributed by atoms with E-state index in [1.54, 1.807) is 18.5 Å². The zero-order chi connectivity index (χ0) is 15.9. The predicted molar refractivity (Wildman–Crippen MR) is 94.4 cm³/mol. The summed E-state index contributed by atoms with van der Waals surface area (Å²) in [6, 6.07) is 5.54. The normalized spacial score (nSPS) is 11.1. The van der Waals surface area contributed by atoms with Gasteiger partial charge in [0.2, 0.25) is 0 Å². The first-order valence-corrected chi connectivity index (χ1v) is 8.80. The molecule has 4 nitrogen and oxygen atoms in total. The summed E-state index contributed by atoms with van der Waals surface area (Å²) >= 11 is 11.2. The van der Waals surface area contributed by atoms with E-state index >= 15 is 0 Å². The van der Waals surface area contributed by atoms with Gasteiger partial charge in [0, 0.05) is 12.4 Å². The molecule has 0 saturated heterocycles. The first-order chi connectivity index (χ1) is 10.5. The minimum absolute atomic E-state index is 0.193. The van der Waals surface area contributed by atoms with E-state index in [1.807, 2.05) is 25.3 Å². The number of halogens is 2. The molecule has 3 aromatic rings. The van der Waals surface area contributed by atoms with Crippen molar-refractivity contribution in [2.24, 2.45) is 0 Å². The van der Waals surface area contributed by atoms with Crippen molar-refractivity contribution in [2.75, 3.05) is 6.26 Å². The highest BCUT2D eigenvalue weighted by atomic mass is 79.9. The molecule has 1 aromatic carbocycles. The molecule has 0 aliphatic heterocycles. The Morgan fingerprint density at radius 3 is 2.82 bits per heavy atom. The largest absolute Gasteiger partial charge is 0.281 e. The van der Waals surface area contributed by atoms with E-state index < -0.39 is 0 Å². The number of pyridine rings is 1. The zero-order valence-electron chi connectivity index (χ0n) is 11.8. The smallest absolute Gasteiger partial charge is 0.266 e. The zero-order valence-corrected chi connectivity index (χ0v) is 15.0. The van der Waals surface area contributed by atoms with Crippen LogP contribution in [0, 0.1) is 6.92 Å². The van der Waals surface area contributed by atoms with E-state index in [4.69, 9.17) is 11.6 Å². The summed E-state index contributed by atoms with van der Waals surface area (Å²) in [5.74, 6) is 0. The van der Waals surface area contributed by atoms with Crippen LogP contribution < -0.4 is 5.56 Å². The van der Waals surface area contributed by atoms with E-state index in [0.29, 0.717) is 26.8 Å². The molecule has 0 saturated carbocycles. The highest BCUT2D eigenvalue weighted by Gasteiger charge is 2.14. The lowest BCUT2D eigenvalue weighted by Gasteiger charge is -2.13. The van der Waals surface area contributed by atoms with Crippen molar-refractivity contribution in [3.63, 3.8) is 0 Å². The summed E-state index contributed by atoms with van der Waals surface area (Å²) in [7, 11) is 0. The van der Waals surface area contributed by atoms with Crippen LogP contribution in [-0.2, 0) is 0 Å². The number of benzene rings is 1. The van der Waals surface area contributed by atoms with Crippen molar-refractivity contribution in [2.45, 2.75) is 12.1 Å². The summed E-state index contributed by atoms with van der Waals surface area (Å²) in [4.78, 5) is 21.4. The molecule has 0 N–H and O–H groups in total. The molecule has 112 valence electrons. The molecular formula is C15H11BrClN3OS. The van der Waals surface area contributed by atoms with Crippen LogP contribution in [0.25, 0.3) is 16.6 Å². The summed E-state index contributed by atoms with van der Waals surface area (Å²) < 4.78 is 2.26. The van der Waals surface area contributed by atoms with E-state index in [2.05, 4.69) is 25.9 Å². The van der Waals surface area contributed by atoms with Crippen LogP contribution in [0.3, 0.4) is 0 Å². The van der Waals surface area contributed by atoms with Crippen molar-refractivity contribution in [3.05, 3.63) is 56.0 Å². The van der Waals surface area contributed by atoms with Crippen LogP contribution in [0.15, 0.2) is 45.0 Å². The predicted octanol–water partition coefficient (Wildman–Crippen LogP) is 4.23. The maximum atomic E-state index is 12.8. The van der Waals surface area contributed by atoms with Crippen LogP contribution in [-0.4, -0.2) is 20.8 Å². The molecule has 2 heterocycles. The van der Waals surface area contributed by atoms with E-state index in [9.17, 15) is 4.79 Å². The highest BCUT2D eigenvalue weighted by Crippen LogP contribution is 2.27. The Labute approximate surface area is 144 Å². The second-order valence-corrected chi connectivity index (χ2v) is 6.71. The number of aryl methyl sites for hydroxylation is 1. The number of para-hydroxylation sites is 1. The Hall–Kier alpha value is -1.37. The molecule has 0 unspecified atom stereocenters. The Morgan fingerprint density at radius 1 is 1.36 bits per heavy atom. The fraction of sp³-hybridized carbons (Fsp3) is 0.133. The van der Waals surface area contributed by atoms with Gasteiger partial charge in [-0.3, -0.25) is 9.36 Å². The Morgan fingerprint density at radius 2 is 2.14 bits per heavy atom. The third kappa shape index (κ3) is 2.55. The first-order valence-electron chi connectivity index (χ1n) is 6.40. The number of aromatic nitrogens is 3. The Balaban J connectivity index is 2.38. The maximum absolute atomic E-state index is 12.8. The Kier molecular flexibility index (Phi) is 4.25. The van der Waals surface area contributed by atoms with Gasteiger partial charge in [0.15, 0.2) is 5.16 Å². The van der Waals surface area contributed by atoms with Crippen LogP contribution in [0.1, 0.15) is 5.56 Å². The molecule has 22 heavy (non-hydrogen) atoms.